The number of anilines is 2. The number of H-pyrrole nitrogens is 1. The number of benzene rings is 2. The molecule has 0 saturated carbocycles. The summed E-state index contributed by atoms with van der Waals surface area (Å²) in [4.78, 5) is 60.4. The number of rotatable bonds is 8. The Labute approximate surface area is 286 Å². The number of fused-ring (bicyclic) bond motifs is 1. The number of hydrogen-bond acceptors (Lipinski definition) is 7. The van der Waals surface area contributed by atoms with Crippen molar-refractivity contribution in [3.05, 3.63) is 92.1 Å². The number of nitrogens with one attached hydrogen (secondary N) is 2. The molecule has 2 aromatic heterocycles. The molecule has 3 amide bonds. The van der Waals surface area contributed by atoms with Crippen molar-refractivity contribution in [2.75, 3.05) is 18.0 Å². The molecule has 0 bridgehead atoms. The molecule has 4 heterocycles. The van der Waals surface area contributed by atoms with Gasteiger partial charge in [0, 0.05) is 41.5 Å². The van der Waals surface area contributed by atoms with Gasteiger partial charge in [0.05, 0.1) is 17.6 Å². The zero-order valence-electron chi connectivity index (χ0n) is 26.0. The molecule has 1 saturated heterocycles. The second kappa shape index (κ2) is 12.9. The normalized spacial score (nSPS) is 19.9. The van der Waals surface area contributed by atoms with Crippen LogP contribution in [0.25, 0.3) is 0 Å². The first-order valence-corrected chi connectivity index (χ1v) is 15.9. The predicted octanol–water partition coefficient (Wildman–Crippen LogP) is 5.53. The van der Waals surface area contributed by atoms with Gasteiger partial charge in [-0.15, -0.1) is 13.2 Å². The number of piperidine rings is 1. The highest BCUT2D eigenvalue weighted by Crippen LogP contribution is 2.43. The van der Waals surface area contributed by atoms with E-state index >= 15 is 0 Å². The van der Waals surface area contributed by atoms with E-state index in [2.05, 4.69) is 20.2 Å². The Morgan fingerprint density at radius 2 is 1.84 bits per heavy atom. The maximum Gasteiger partial charge on any atom is 0.573 e. The summed E-state index contributed by atoms with van der Waals surface area (Å²) in [5.41, 5.74) is -0.737. The molecular formula is C32H29Cl2F3N6O6. The highest BCUT2D eigenvalue weighted by molar-refractivity contribution is 6.35. The van der Waals surface area contributed by atoms with E-state index in [0.717, 1.165) is 18.6 Å². The molecule has 12 nitrogen and oxygen atoms in total. The van der Waals surface area contributed by atoms with E-state index in [1.54, 1.807) is 18.7 Å². The topological polar surface area (TPSA) is 143 Å². The molecule has 3 atom stereocenters. The predicted molar refractivity (Wildman–Crippen MR) is 171 cm³/mol. The number of likely N-dealkylation sites (tertiary alicyclic amines) is 1. The zero-order chi connectivity index (χ0) is 35.2. The van der Waals surface area contributed by atoms with E-state index in [4.69, 9.17) is 27.7 Å². The minimum atomic E-state index is -4.88. The average Bonchev–Trinajstić information content (AvgIpc) is 3.72. The van der Waals surface area contributed by atoms with Crippen LogP contribution < -0.4 is 20.6 Å². The van der Waals surface area contributed by atoms with Crippen LogP contribution in [-0.2, 0) is 21.5 Å². The third-order valence-corrected chi connectivity index (χ3v) is 9.01. The monoisotopic (exact) mass is 720 g/mol. The number of ether oxygens (including phenoxy) is 1. The molecule has 4 aromatic rings. The van der Waals surface area contributed by atoms with Crippen molar-refractivity contribution in [1.29, 1.82) is 0 Å². The second-order valence-electron chi connectivity index (χ2n) is 12.1. The highest BCUT2D eigenvalue weighted by Gasteiger charge is 2.51. The van der Waals surface area contributed by atoms with Crippen LogP contribution >= 0.6 is 23.2 Å². The number of aromatic nitrogens is 3. The van der Waals surface area contributed by atoms with E-state index in [0.29, 0.717) is 30.8 Å². The van der Waals surface area contributed by atoms with E-state index < -0.39 is 41.1 Å². The number of carbonyl (C=O) groups excluding carboxylic acids is 3. The van der Waals surface area contributed by atoms with Crippen LogP contribution in [0.15, 0.2) is 64.0 Å². The Kier molecular flexibility index (Phi) is 9.00. The lowest BCUT2D eigenvalue weighted by Gasteiger charge is -2.34. The Hall–Kier alpha value is -4.76. The number of carbonyl (C=O) groups is 3. The first kappa shape index (κ1) is 34.1. The molecule has 0 radical (unpaired) electrons. The summed E-state index contributed by atoms with van der Waals surface area (Å²) >= 11 is 12.5. The van der Waals surface area contributed by atoms with E-state index in [-0.39, 0.29) is 45.6 Å². The third kappa shape index (κ3) is 6.90. The van der Waals surface area contributed by atoms with Gasteiger partial charge in [0.1, 0.15) is 23.0 Å². The smallest absolute Gasteiger partial charge is 0.406 e. The first-order chi connectivity index (χ1) is 23.1. The van der Waals surface area contributed by atoms with Gasteiger partial charge in [0.15, 0.2) is 0 Å². The van der Waals surface area contributed by atoms with Gasteiger partial charge in [0.2, 0.25) is 11.9 Å². The van der Waals surface area contributed by atoms with Crippen LogP contribution in [-0.4, -0.2) is 62.8 Å². The lowest BCUT2D eigenvalue weighted by atomic mass is 9.91. The SMILES string of the molecule is CC(NC(=O)c1cnc2n1[C@](C)(Cc1ccc(OC(F)(F)F)cc1)C(=O)N2c1cc(Cl)cc(Cl)c1)C(=O)N1CCC[C@@H](c2cc(=O)o[nH]2)C1. The number of amides is 3. The molecule has 1 unspecified atom stereocenters. The van der Waals surface area contributed by atoms with Gasteiger partial charge in [-0.3, -0.25) is 19.0 Å². The number of halogens is 5. The van der Waals surface area contributed by atoms with Crippen molar-refractivity contribution in [2.45, 2.75) is 57.0 Å². The van der Waals surface area contributed by atoms with Crippen LogP contribution in [0.3, 0.4) is 0 Å². The summed E-state index contributed by atoms with van der Waals surface area (Å²) in [6.07, 6.45) is -2.25. The first-order valence-electron chi connectivity index (χ1n) is 15.1. The number of aromatic amines is 1. The molecule has 1 fully saturated rings. The van der Waals surface area contributed by atoms with Crippen LogP contribution in [0.1, 0.15) is 54.4 Å². The van der Waals surface area contributed by atoms with Gasteiger partial charge >= 0.3 is 12.0 Å². The van der Waals surface area contributed by atoms with E-state index in [1.807, 2.05) is 0 Å². The third-order valence-electron chi connectivity index (χ3n) is 8.58. The summed E-state index contributed by atoms with van der Waals surface area (Å²) in [6, 6.07) is 9.91. The maximum atomic E-state index is 14.3. The minimum absolute atomic E-state index is 0.0364. The van der Waals surface area contributed by atoms with Crippen molar-refractivity contribution in [3.63, 3.8) is 0 Å². The molecule has 2 aliphatic heterocycles. The van der Waals surface area contributed by atoms with E-state index in [1.165, 1.54) is 52.1 Å². The Morgan fingerprint density at radius 1 is 1.14 bits per heavy atom. The van der Waals surface area contributed by atoms with Crippen molar-refractivity contribution in [2.24, 2.45) is 0 Å². The van der Waals surface area contributed by atoms with Crippen molar-refractivity contribution in [1.82, 2.24) is 24.9 Å². The van der Waals surface area contributed by atoms with Crippen LogP contribution in [0.4, 0.5) is 24.8 Å². The summed E-state index contributed by atoms with van der Waals surface area (Å²) in [5, 5.41) is 5.81. The summed E-state index contributed by atoms with van der Waals surface area (Å²) in [5.74, 6) is -2.06. The molecule has 0 aliphatic carbocycles. The summed E-state index contributed by atoms with van der Waals surface area (Å²) in [6.45, 7) is 3.88. The van der Waals surface area contributed by atoms with E-state index in [9.17, 15) is 32.3 Å². The standard InChI is InChI=1S/C32H29Cl2F3N6O6/c1-17(28(46)41-9-3-4-19(16-41)24-13-26(44)49-40-24)39-27(45)25-15-38-30-42(22-11-20(33)10-21(34)12-22)29(47)31(2,43(25)30)14-18-5-7-23(8-6-18)48-32(35,36)37/h5-8,10-13,15,17,19,40H,3-4,9,14,16H2,1-2H3,(H,39,45)/t17?,19-,31-/m1/s1. The quantitative estimate of drug-likeness (QED) is 0.244. The lowest BCUT2D eigenvalue weighted by Crippen LogP contribution is -2.50. The second-order valence-corrected chi connectivity index (χ2v) is 13.0. The number of nitrogens with zero attached hydrogens (tertiary/aromatic N) is 4. The molecule has 0 spiro atoms. The number of alkyl halides is 3. The van der Waals surface area contributed by atoms with Gasteiger partial charge in [-0.25, -0.2) is 19.8 Å². The molecule has 2 aliphatic rings. The van der Waals surface area contributed by atoms with Gasteiger partial charge in [-0.1, -0.05) is 35.3 Å². The fraction of sp³-hybridized carbons (Fsp3) is 0.344. The molecule has 49 heavy (non-hydrogen) atoms. The molecule has 258 valence electrons. The largest absolute Gasteiger partial charge is 0.573 e. The molecule has 2 N–H and O–H groups in total. The fourth-order valence-corrected chi connectivity index (χ4v) is 6.88. The molecule has 17 heteroatoms. The molecule has 2 aromatic carbocycles. The minimum Gasteiger partial charge on any atom is -0.406 e. The van der Waals surface area contributed by atoms with Gasteiger partial charge in [-0.2, -0.15) is 0 Å². The Balaban J connectivity index is 1.29. The number of imidazole rings is 1. The van der Waals surface area contributed by atoms with Crippen molar-refractivity contribution in [3.8, 4) is 5.75 Å². The lowest BCUT2D eigenvalue weighted by molar-refractivity contribution is -0.274. The van der Waals surface area contributed by atoms with Gasteiger partial charge in [-0.05, 0) is 62.6 Å². The zero-order valence-corrected chi connectivity index (χ0v) is 27.5. The van der Waals surface area contributed by atoms with Crippen LogP contribution in [0.2, 0.25) is 10.0 Å². The fourth-order valence-electron chi connectivity index (χ4n) is 6.37. The van der Waals surface area contributed by atoms with Crippen LogP contribution in [0, 0.1) is 0 Å². The number of hydrogen-bond donors (Lipinski definition) is 2. The van der Waals surface area contributed by atoms with Crippen LogP contribution in [0.5, 0.6) is 5.75 Å². The van der Waals surface area contributed by atoms with Crippen molar-refractivity contribution >= 4 is 52.6 Å². The summed E-state index contributed by atoms with van der Waals surface area (Å²) in [7, 11) is 0. The molecule has 6 rings (SSSR count). The maximum absolute atomic E-state index is 14.3. The average molecular weight is 722 g/mol. The Bertz CT molecular complexity index is 1960. The van der Waals surface area contributed by atoms with Gasteiger partial charge < -0.3 is 19.5 Å². The molecular weight excluding hydrogens is 692 g/mol. The van der Waals surface area contributed by atoms with Crippen molar-refractivity contribution < 1.29 is 36.8 Å². The summed E-state index contributed by atoms with van der Waals surface area (Å²) < 4.78 is 48.4. The van der Waals surface area contributed by atoms with Gasteiger partial charge in [0.25, 0.3) is 11.8 Å². The highest BCUT2D eigenvalue weighted by atomic mass is 35.5. The Morgan fingerprint density at radius 3 is 2.47 bits per heavy atom.